The summed E-state index contributed by atoms with van der Waals surface area (Å²) in [6, 6.07) is 24.3. The summed E-state index contributed by atoms with van der Waals surface area (Å²) in [5.74, 6) is -2.65. The minimum atomic E-state index is -5.39. The van der Waals surface area contributed by atoms with Gasteiger partial charge in [0.25, 0.3) is 0 Å². The molecular formula is C21H15F5Ge. The van der Waals surface area contributed by atoms with Crippen LogP contribution >= 0.6 is 0 Å². The van der Waals surface area contributed by atoms with Crippen LogP contribution in [0.25, 0.3) is 0 Å². The van der Waals surface area contributed by atoms with E-state index in [0.29, 0.717) is 13.2 Å². The average Bonchev–Trinajstić information content (AvgIpc) is 2.70. The van der Waals surface area contributed by atoms with E-state index in [-0.39, 0.29) is 0 Å². The van der Waals surface area contributed by atoms with Crippen molar-refractivity contribution < 1.29 is 22.0 Å². The molecule has 0 heterocycles. The van der Waals surface area contributed by atoms with Crippen LogP contribution in [0.2, 0.25) is 0 Å². The van der Waals surface area contributed by atoms with Crippen molar-refractivity contribution in [3.63, 3.8) is 0 Å². The molecule has 3 rings (SSSR count). The molecule has 0 radical (unpaired) electrons. The van der Waals surface area contributed by atoms with Gasteiger partial charge in [0.2, 0.25) is 0 Å². The zero-order valence-electron chi connectivity index (χ0n) is 14.1. The first-order valence-electron chi connectivity index (χ1n) is 8.18. The Morgan fingerprint density at radius 2 is 0.852 bits per heavy atom. The van der Waals surface area contributed by atoms with Crippen molar-refractivity contribution in [2.75, 3.05) is 0 Å². The van der Waals surface area contributed by atoms with Crippen LogP contribution in [-0.4, -0.2) is 19.4 Å². The summed E-state index contributed by atoms with van der Waals surface area (Å²) in [6.45, 7) is 0. The fourth-order valence-electron chi connectivity index (χ4n) is 3.23. The number of hydrogen-bond acceptors (Lipinski definition) is 0. The van der Waals surface area contributed by atoms with Crippen molar-refractivity contribution in [2.45, 2.75) is 6.18 Å². The second kappa shape index (κ2) is 7.68. The van der Waals surface area contributed by atoms with Crippen LogP contribution in [0.15, 0.2) is 101 Å². The molecule has 0 saturated carbocycles. The van der Waals surface area contributed by atoms with Gasteiger partial charge >= 0.3 is 156 Å². The number of rotatable bonds is 4. The molecule has 0 N–H and O–H groups in total. The predicted molar refractivity (Wildman–Crippen MR) is 99.3 cm³/mol. The quantitative estimate of drug-likeness (QED) is 0.421. The molecule has 0 aliphatic rings. The molecule has 27 heavy (non-hydrogen) atoms. The van der Waals surface area contributed by atoms with Gasteiger partial charge in [-0.2, -0.15) is 0 Å². The third-order valence-electron chi connectivity index (χ3n) is 4.39. The third kappa shape index (κ3) is 3.56. The molecule has 0 amide bonds. The minimum absolute atomic E-state index is 0.381. The van der Waals surface area contributed by atoms with Crippen LogP contribution in [0.3, 0.4) is 0 Å². The molecule has 0 nitrogen and oxygen atoms in total. The van der Waals surface area contributed by atoms with Crippen LogP contribution in [0.4, 0.5) is 22.0 Å². The fraction of sp³-hybridized carbons (Fsp3) is 0.0476. The van der Waals surface area contributed by atoms with Gasteiger partial charge in [-0.1, -0.05) is 0 Å². The summed E-state index contributed by atoms with van der Waals surface area (Å²) in [4.78, 5) is 0. The second-order valence-corrected chi connectivity index (χ2v) is 13.7. The SMILES string of the molecule is FC(=[C](F)[Ge]([c]1ccccc1)([c]1ccccc1)[c]1ccccc1)C(F)(F)F. The van der Waals surface area contributed by atoms with Gasteiger partial charge in [-0.3, -0.25) is 0 Å². The van der Waals surface area contributed by atoms with Crippen molar-refractivity contribution in [1.82, 2.24) is 0 Å². The molecule has 3 aromatic rings. The van der Waals surface area contributed by atoms with Crippen LogP contribution in [0.1, 0.15) is 0 Å². The molecule has 0 spiro atoms. The maximum atomic E-state index is 15.5. The van der Waals surface area contributed by atoms with Crippen molar-refractivity contribution >= 4 is 26.5 Å². The first-order valence-corrected chi connectivity index (χ1v) is 12.4. The molecule has 0 atom stereocenters. The Bertz CT molecular complexity index is 822. The Labute approximate surface area is 156 Å². The van der Waals surface area contributed by atoms with Gasteiger partial charge in [0.05, 0.1) is 0 Å². The Morgan fingerprint density at radius 3 is 1.11 bits per heavy atom. The summed E-state index contributed by atoms with van der Waals surface area (Å²) < 4.78 is 68.7. The summed E-state index contributed by atoms with van der Waals surface area (Å²) in [7, 11) is 0. The molecule has 0 saturated heterocycles. The molecule has 0 aliphatic carbocycles. The van der Waals surface area contributed by atoms with Gasteiger partial charge in [0, 0.05) is 0 Å². The Balaban J connectivity index is 2.48. The van der Waals surface area contributed by atoms with E-state index in [0.717, 1.165) is 0 Å². The van der Waals surface area contributed by atoms with Crippen LogP contribution in [-0.2, 0) is 0 Å². The zero-order chi connectivity index (χ0) is 19.5. The molecule has 0 aliphatic heterocycles. The van der Waals surface area contributed by atoms with Gasteiger partial charge in [0.1, 0.15) is 0 Å². The van der Waals surface area contributed by atoms with Crippen LogP contribution in [0, 0.1) is 0 Å². The number of hydrogen-bond donors (Lipinski definition) is 0. The van der Waals surface area contributed by atoms with E-state index < -0.39 is 29.9 Å². The fourth-order valence-corrected chi connectivity index (χ4v) is 12.3. The summed E-state index contributed by atoms with van der Waals surface area (Å²) in [5, 5.41) is 0. The van der Waals surface area contributed by atoms with E-state index in [2.05, 4.69) is 0 Å². The van der Waals surface area contributed by atoms with Crippen molar-refractivity contribution in [3.8, 4) is 0 Å². The van der Waals surface area contributed by atoms with Crippen molar-refractivity contribution in [2.24, 2.45) is 0 Å². The summed E-state index contributed by atoms with van der Waals surface area (Å²) in [5.41, 5.74) is 0. The van der Waals surface area contributed by atoms with E-state index in [1.54, 1.807) is 91.0 Å². The molecule has 0 bridgehead atoms. The second-order valence-electron chi connectivity index (χ2n) is 5.97. The zero-order valence-corrected chi connectivity index (χ0v) is 16.1. The Hall–Kier alpha value is -2.41. The van der Waals surface area contributed by atoms with Crippen LogP contribution in [0.5, 0.6) is 0 Å². The molecule has 3 aromatic carbocycles. The van der Waals surface area contributed by atoms with Gasteiger partial charge in [-0.25, -0.2) is 0 Å². The van der Waals surface area contributed by atoms with Crippen molar-refractivity contribution in [3.05, 3.63) is 101 Å². The molecule has 138 valence electrons. The van der Waals surface area contributed by atoms with E-state index >= 15 is 4.39 Å². The molecule has 0 unspecified atom stereocenters. The van der Waals surface area contributed by atoms with Crippen LogP contribution < -0.4 is 13.2 Å². The van der Waals surface area contributed by atoms with Gasteiger partial charge in [-0.15, -0.1) is 0 Å². The number of benzene rings is 3. The van der Waals surface area contributed by atoms with Crippen molar-refractivity contribution in [1.29, 1.82) is 0 Å². The Morgan fingerprint density at radius 1 is 0.556 bits per heavy atom. The molecule has 0 fully saturated rings. The Kier molecular flexibility index (Phi) is 5.51. The van der Waals surface area contributed by atoms with E-state index in [1.165, 1.54) is 0 Å². The molecular weight excluding hydrogens is 420 g/mol. The van der Waals surface area contributed by atoms with E-state index in [4.69, 9.17) is 0 Å². The normalized spacial score (nSPS) is 13.2. The maximum absolute atomic E-state index is 15.5. The number of halogens is 5. The first kappa shape index (κ1) is 19.4. The van der Waals surface area contributed by atoms with Gasteiger partial charge in [-0.05, 0) is 0 Å². The molecule has 0 aromatic heterocycles. The first-order chi connectivity index (χ1) is 12.9. The number of alkyl halides is 3. The molecule has 6 heteroatoms. The number of allylic oxidation sites excluding steroid dienone is 1. The standard InChI is InChI=1S/C21H15F5Ge/c22-19(21(24,25)26)20(23)27(16-10-4-1-5-11-16,17-12-6-2-7-13-17)18-14-8-3-9-15-18/h1-15H. The third-order valence-corrected chi connectivity index (χ3v) is 13.8. The summed E-state index contributed by atoms with van der Waals surface area (Å²) in [6.07, 6.45) is -5.39. The van der Waals surface area contributed by atoms with E-state index in [1.807, 2.05) is 0 Å². The monoisotopic (exact) mass is 436 g/mol. The summed E-state index contributed by atoms with van der Waals surface area (Å²) >= 11 is -4.79. The van der Waals surface area contributed by atoms with E-state index in [9.17, 15) is 17.6 Å². The predicted octanol–water partition coefficient (Wildman–Crippen LogP) is 4.41. The average molecular weight is 435 g/mol. The van der Waals surface area contributed by atoms with Gasteiger partial charge < -0.3 is 0 Å². The van der Waals surface area contributed by atoms with Gasteiger partial charge in [0.15, 0.2) is 0 Å². The topological polar surface area (TPSA) is 0 Å².